The molecule has 6 aromatic rings. The Hall–Kier alpha value is -5.16. The maximum Gasteiger partial charge on any atom is 0.345 e. The predicted molar refractivity (Wildman–Crippen MR) is 243 cm³/mol. The van der Waals surface area contributed by atoms with E-state index in [9.17, 15) is 19.4 Å². The standard InChI is InChI=1S/C47H47Cl2FN6O7S/c1-26-36-27(2)40(49)41(39(26)48)62-33(22-56-18-16-55(3)17-19-56)24-60-32-10-11-34(61-23-31-12-15-51-46(54-31)47(59)13-4-5-14-47)29(20-32)21-35(45(57)58)63-43-38-37(36)42(64-44(38)53-25-52-43)28-6-8-30(50)9-7-28/h6-12,15,20,25,33,35,59H,4-5,13-14,16-19,21-24H2,1-3H3,(H,57,58)/t33-,35-/m1/s1. The smallest absolute Gasteiger partial charge is 0.345 e. The summed E-state index contributed by atoms with van der Waals surface area (Å²) < 4.78 is 40.5. The third kappa shape index (κ3) is 8.93. The maximum atomic E-state index is 14.3. The molecular formula is C47H47Cl2FN6O7S. The Morgan fingerprint density at radius 1 is 0.969 bits per heavy atom. The van der Waals surface area contributed by atoms with Crippen LogP contribution < -0.4 is 18.9 Å². The zero-order valence-electron chi connectivity index (χ0n) is 35.6. The molecule has 6 heterocycles. The molecule has 2 N–H and O–H groups in total. The molecule has 4 bridgehead atoms. The number of hydrogen-bond acceptors (Lipinski definition) is 13. The second kappa shape index (κ2) is 18.4. The number of carboxylic acids is 1. The Balaban J connectivity index is 1.17. The van der Waals surface area contributed by atoms with Gasteiger partial charge >= 0.3 is 5.97 Å². The molecule has 17 heteroatoms. The van der Waals surface area contributed by atoms with E-state index in [1.165, 1.54) is 29.8 Å². The van der Waals surface area contributed by atoms with Crippen LogP contribution in [0, 0.1) is 19.7 Å². The average Bonchev–Trinajstić information content (AvgIpc) is 3.91. The van der Waals surface area contributed by atoms with Crippen molar-refractivity contribution in [3.63, 3.8) is 0 Å². The number of hydrogen-bond donors (Lipinski definition) is 2. The number of carboxylic acid groups (broad SMARTS) is 1. The van der Waals surface area contributed by atoms with Crippen molar-refractivity contribution in [1.29, 1.82) is 0 Å². The van der Waals surface area contributed by atoms with E-state index in [0.717, 1.165) is 39.0 Å². The summed E-state index contributed by atoms with van der Waals surface area (Å²) in [6, 6.07) is 13.1. The number of aliphatic hydroxyl groups is 1. The first-order valence-electron chi connectivity index (χ1n) is 21.3. The molecule has 0 unspecified atom stereocenters. The number of halogens is 3. The number of piperazine rings is 1. The molecule has 1 saturated carbocycles. The zero-order valence-corrected chi connectivity index (χ0v) is 37.9. The van der Waals surface area contributed by atoms with Crippen LogP contribution in [0.3, 0.4) is 0 Å². The summed E-state index contributed by atoms with van der Waals surface area (Å²) in [5.41, 5.74) is 3.21. The number of rotatable bonds is 8. The number of aliphatic carboxylic acids is 1. The second-order valence-electron chi connectivity index (χ2n) is 16.7. The van der Waals surface area contributed by atoms with Gasteiger partial charge < -0.3 is 34.1 Å². The van der Waals surface area contributed by atoms with Crippen LogP contribution in [0.4, 0.5) is 4.39 Å². The van der Waals surface area contributed by atoms with Crippen LogP contribution >= 0.6 is 34.5 Å². The van der Waals surface area contributed by atoms with E-state index in [1.54, 1.807) is 42.6 Å². The first-order chi connectivity index (χ1) is 30.8. The van der Waals surface area contributed by atoms with Crippen molar-refractivity contribution in [2.45, 2.75) is 70.4 Å². The topological polar surface area (TPSA) is 152 Å². The normalized spacial score (nSPS) is 19.2. The van der Waals surface area contributed by atoms with Gasteiger partial charge in [-0.2, -0.15) is 0 Å². The Labute approximate surface area is 383 Å². The quantitative estimate of drug-likeness (QED) is 0.150. The lowest BCUT2D eigenvalue weighted by Gasteiger charge is -2.35. The summed E-state index contributed by atoms with van der Waals surface area (Å²) >= 11 is 15.9. The van der Waals surface area contributed by atoms with Gasteiger partial charge in [0.1, 0.15) is 53.4 Å². The van der Waals surface area contributed by atoms with E-state index in [4.69, 9.17) is 42.1 Å². The molecule has 334 valence electrons. The van der Waals surface area contributed by atoms with Crippen molar-refractivity contribution in [2.24, 2.45) is 0 Å². The molecule has 13 nitrogen and oxygen atoms in total. The Bertz CT molecular complexity index is 2680. The second-order valence-corrected chi connectivity index (χ2v) is 18.5. The molecule has 0 spiro atoms. The number of carbonyl (C=O) groups is 1. The summed E-state index contributed by atoms with van der Waals surface area (Å²) in [7, 11) is 2.10. The van der Waals surface area contributed by atoms with Gasteiger partial charge in [-0.3, -0.25) is 4.90 Å². The van der Waals surface area contributed by atoms with Crippen LogP contribution in [-0.4, -0.2) is 105 Å². The summed E-state index contributed by atoms with van der Waals surface area (Å²) in [4.78, 5) is 37.3. The largest absolute Gasteiger partial charge is 0.490 e. The highest BCUT2D eigenvalue weighted by Crippen LogP contribution is 2.53. The van der Waals surface area contributed by atoms with E-state index in [0.29, 0.717) is 107 Å². The molecule has 1 aliphatic carbocycles. The Kier molecular flexibility index (Phi) is 12.7. The highest BCUT2D eigenvalue weighted by atomic mass is 35.5. The minimum absolute atomic E-state index is 0.0206. The first-order valence-corrected chi connectivity index (χ1v) is 22.8. The summed E-state index contributed by atoms with van der Waals surface area (Å²) in [5, 5.41) is 23.1. The molecule has 2 atom stereocenters. The summed E-state index contributed by atoms with van der Waals surface area (Å²) in [6.07, 6.45) is 3.74. The van der Waals surface area contributed by atoms with E-state index in [1.807, 2.05) is 13.8 Å². The van der Waals surface area contributed by atoms with Crippen LogP contribution in [0.15, 0.2) is 61.1 Å². The molecule has 64 heavy (non-hydrogen) atoms. The SMILES string of the molecule is Cc1c(Cl)c2c(Cl)c(C)c1-c1c(-c3ccc(F)cc3)sc3ncnc(c13)O[C@@H](C(=O)O)Cc1cc(ccc1OCc1ccnc(C3(O)CCCC3)n1)OC[C@@H](CN1CCN(C)CC1)O2. The van der Waals surface area contributed by atoms with Crippen molar-refractivity contribution in [3.8, 4) is 44.7 Å². The van der Waals surface area contributed by atoms with Crippen LogP contribution in [0.2, 0.25) is 10.0 Å². The van der Waals surface area contributed by atoms with Gasteiger partial charge in [0.05, 0.1) is 21.1 Å². The molecular weight excluding hydrogens is 883 g/mol. The van der Waals surface area contributed by atoms with Crippen LogP contribution in [0.1, 0.15) is 53.9 Å². The Morgan fingerprint density at radius 2 is 1.70 bits per heavy atom. The maximum absolute atomic E-state index is 14.3. The van der Waals surface area contributed by atoms with Crippen LogP contribution in [-0.2, 0) is 23.4 Å². The molecule has 4 aliphatic rings. The van der Waals surface area contributed by atoms with E-state index < -0.39 is 29.6 Å². The lowest BCUT2D eigenvalue weighted by Crippen LogP contribution is -2.49. The lowest BCUT2D eigenvalue weighted by molar-refractivity contribution is -0.145. The fourth-order valence-corrected chi connectivity index (χ4v) is 10.4. The summed E-state index contributed by atoms with van der Waals surface area (Å²) in [6.45, 7) is 7.85. The van der Waals surface area contributed by atoms with Gasteiger partial charge in [-0.15, -0.1) is 11.3 Å². The lowest BCUT2D eigenvalue weighted by atomic mass is 9.92. The fraction of sp³-hybridized carbons (Fsp3) is 0.383. The number of nitrogens with zero attached hydrogens (tertiary/aromatic N) is 6. The van der Waals surface area contributed by atoms with Gasteiger partial charge in [0.25, 0.3) is 0 Å². The minimum Gasteiger partial charge on any atom is -0.490 e. The van der Waals surface area contributed by atoms with Crippen molar-refractivity contribution in [2.75, 3.05) is 46.4 Å². The fourth-order valence-electron chi connectivity index (χ4n) is 8.75. The highest BCUT2D eigenvalue weighted by molar-refractivity contribution is 7.22. The van der Waals surface area contributed by atoms with E-state index >= 15 is 0 Å². The molecule has 3 aromatic heterocycles. The molecule has 2 fully saturated rings. The molecule has 3 aromatic carbocycles. The number of fused-ring (bicyclic) bond motifs is 7. The van der Waals surface area contributed by atoms with E-state index in [-0.39, 0.29) is 25.5 Å². The molecule has 0 amide bonds. The number of thiophene rings is 1. The summed E-state index contributed by atoms with van der Waals surface area (Å²) in [5.74, 6) is -0.114. The molecule has 3 aliphatic heterocycles. The van der Waals surface area contributed by atoms with Crippen molar-refractivity contribution in [3.05, 3.63) is 105 Å². The third-order valence-corrected chi connectivity index (χ3v) is 14.4. The number of ether oxygens (including phenoxy) is 4. The van der Waals surface area contributed by atoms with Gasteiger partial charge in [0, 0.05) is 61.3 Å². The van der Waals surface area contributed by atoms with Crippen molar-refractivity contribution >= 4 is 50.7 Å². The van der Waals surface area contributed by atoms with Gasteiger partial charge in [-0.05, 0) is 105 Å². The molecule has 1 saturated heterocycles. The van der Waals surface area contributed by atoms with Crippen molar-refractivity contribution < 1.29 is 38.3 Å². The van der Waals surface area contributed by atoms with Crippen molar-refractivity contribution in [1.82, 2.24) is 29.7 Å². The highest BCUT2D eigenvalue weighted by Gasteiger charge is 2.36. The molecule has 0 radical (unpaired) electrons. The number of aromatic nitrogens is 4. The van der Waals surface area contributed by atoms with Crippen LogP contribution in [0.5, 0.6) is 23.1 Å². The van der Waals surface area contributed by atoms with Gasteiger partial charge in [-0.25, -0.2) is 29.1 Å². The molecule has 10 rings (SSSR count). The number of likely N-dealkylation sites (N-methyl/N-ethyl adjacent to an activating group) is 1. The van der Waals surface area contributed by atoms with Gasteiger partial charge in [0.2, 0.25) is 12.0 Å². The third-order valence-electron chi connectivity index (χ3n) is 12.3. The number of benzene rings is 3. The van der Waals surface area contributed by atoms with Crippen LogP contribution in [0.25, 0.3) is 31.8 Å². The Morgan fingerprint density at radius 3 is 2.42 bits per heavy atom. The zero-order chi connectivity index (χ0) is 44.7. The van der Waals surface area contributed by atoms with E-state index in [2.05, 4.69) is 36.8 Å². The van der Waals surface area contributed by atoms with Gasteiger partial charge in [-0.1, -0.05) is 35.3 Å². The minimum atomic E-state index is -1.47. The predicted octanol–water partition coefficient (Wildman–Crippen LogP) is 8.68. The van der Waals surface area contributed by atoms with Gasteiger partial charge in [0.15, 0.2) is 11.6 Å². The first kappa shape index (κ1) is 44.1. The monoisotopic (exact) mass is 928 g/mol. The average molecular weight is 930 g/mol.